The number of hydrogen-bond donors (Lipinski definition) is 0. The second-order valence-corrected chi connectivity index (χ2v) is 8.65. The number of fused-ring (bicyclic) bond motifs is 1. The van der Waals surface area contributed by atoms with Crippen LogP contribution in [0.5, 0.6) is 17.2 Å². The van der Waals surface area contributed by atoms with Gasteiger partial charge >= 0.3 is 12.1 Å². The molecule has 0 amide bonds. The van der Waals surface area contributed by atoms with Gasteiger partial charge in [0.1, 0.15) is 17.1 Å². The van der Waals surface area contributed by atoms with Crippen molar-refractivity contribution in [3.63, 3.8) is 0 Å². The van der Waals surface area contributed by atoms with E-state index in [4.69, 9.17) is 13.9 Å². The van der Waals surface area contributed by atoms with Crippen LogP contribution in [-0.2, 0) is 6.18 Å². The first-order valence-electron chi connectivity index (χ1n) is 9.94. The SMILES string of the molecule is Cc1ccc(C)c(Oc2c(C(F)(F)F)oc3cc(OC(=O)c4ccccc4I)ccc3c2=O)c1. The van der Waals surface area contributed by atoms with E-state index in [0.29, 0.717) is 9.13 Å². The van der Waals surface area contributed by atoms with Crippen molar-refractivity contribution in [1.82, 2.24) is 0 Å². The molecule has 3 aromatic carbocycles. The molecule has 34 heavy (non-hydrogen) atoms. The van der Waals surface area contributed by atoms with Crippen LogP contribution in [0.2, 0.25) is 0 Å². The van der Waals surface area contributed by atoms with Crippen molar-refractivity contribution in [3.8, 4) is 17.2 Å². The first-order chi connectivity index (χ1) is 16.0. The van der Waals surface area contributed by atoms with Crippen LogP contribution < -0.4 is 14.9 Å². The second-order valence-electron chi connectivity index (χ2n) is 7.49. The van der Waals surface area contributed by atoms with Gasteiger partial charge in [-0.2, -0.15) is 13.2 Å². The number of carbonyl (C=O) groups is 1. The lowest BCUT2D eigenvalue weighted by molar-refractivity contribution is -0.154. The van der Waals surface area contributed by atoms with E-state index >= 15 is 0 Å². The number of hydrogen-bond acceptors (Lipinski definition) is 5. The van der Waals surface area contributed by atoms with E-state index in [1.165, 1.54) is 18.2 Å². The number of alkyl halides is 3. The third kappa shape index (κ3) is 4.79. The number of ether oxygens (including phenoxy) is 2. The maximum absolute atomic E-state index is 13.8. The van der Waals surface area contributed by atoms with E-state index < -0.39 is 34.7 Å². The third-order valence-corrected chi connectivity index (χ3v) is 5.88. The Morgan fingerprint density at radius 3 is 2.44 bits per heavy atom. The number of aryl methyl sites for hydroxylation is 2. The summed E-state index contributed by atoms with van der Waals surface area (Å²) >= 11 is 1.97. The zero-order chi connectivity index (χ0) is 24.6. The molecule has 0 aliphatic rings. The minimum atomic E-state index is -5.01. The zero-order valence-corrected chi connectivity index (χ0v) is 20.0. The lowest BCUT2D eigenvalue weighted by atomic mass is 10.1. The topological polar surface area (TPSA) is 65.7 Å². The zero-order valence-electron chi connectivity index (χ0n) is 17.8. The molecular weight excluding hydrogens is 564 g/mol. The molecule has 1 aromatic heterocycles. The van der Waals surface area contributed by atoms with Gasteiger partial charge in [0, 0.05) is 9.64 Å². The molecule has 0 unspecified atom stereocenters. The highest BCUT2D eigenvalue weighted by atomic mass is 127. The van der Waals surface area contributed by atoms with Crippen molar-refractivity contribution in [2.75, 3.05) is 0 Å². The molecule has 0 spiro atoms. The summed E-state index contributed by atoms with van der Waals surface area (Å²) in [4.78, 5) is 25.5. The number of halogens is 4. The van der Waals surface area contributed by atoms with Crippen molar-refractivity contribution < 1.29 is 31.9 Å². The monoisotopic (exact) mass is 580 g/mol. The van der Waals surface area contributed by atoms with Gasteiger partial charge in [-0.1, -0.05) is 24.3 Å². The Labute approximate surface area is 205 Å². The van der Waals surface area contributed by atoms with E-state index in [0.717, 1.165) is 11.6 Å². The predicted octanol–water partition coefficient (Wildman–Crippen LogP) is 7.04. The Balaban J connectivity index is 1.79. The molecule has 4 aromatic rings. The van der Waals surface area contributed by atoms with Gasteiger partial charge in [0.15, 0.2) is 0 Å². The molecule has 1 heterocycles. The highest BCUT2D eigenvalue weighted by molar-refractivity contribution is 14.1. The molecule has 0 fully saturated rings. The summed E-state index contributed by atoms with van der Waals surface area (Å²) in [6, 6.07) is 15.3. The van der Waals surface area contributed by atoms with Crippen LogP contribution in [0.4, 0.5) is 13.2 Å². The van der Waals surface area contributed by atoms with Gasteiger partial charge in [-0.25, -0.2) is 4.79 Å². The van der Waals surface area contributed by atoms with Gasteiger partial charge in [0.2, 0.25) is 11.2 Å². The fourth-order valence-electron chi connectivity index (χ4n) is 3.22. The van der Waals surface area contributed by atoms with Gasteiger partial charge in [0.25, 0.3) is 5.76 Å². The summed E-state index contributed by atoms with van der Waals surface area (Å²) in [5.41, 5.74) is 0.205. The molecule has 4 rings (SSSR count). The van der Waals surface area contributed by atoms with Crippen LogP contribution in [0.3, 0.4) is 0 Å². The van der Waals surface area contributed by atoms with Gasteiger partial charge in [-0.3, -0.25) is 4.79 Å². The molecule has 0 aliphatic carbocycles. The predicted molar refractivity (Wildman–Crippen MR) is 128 cm³/mol. The molecule has 0 bridgehead atoms. The molecule has 0 saturated heterocycles. The van der Waals surface area contributed by atoms with Gasteiger partial charge in [-0.05, 0) is 77.9 Å². The van der Waals surface area contributed by atoms with Crippen molar-refractivity contribution in [3.05, 3.63) is 96.9 Å². The van der Waals surface area contributed by atoms with Crippen LogP contribution in [0.15, 0.2) is 69.9 Å². The van der Waals surface area contributed by atoms with Gasteiger partial charge in [0.05, 0.1) is 10.9 Å². The fraction of sp³-hybridized carbons (Fsp3) is 0.120. The quantitative estimate of drug-likeness (QED) is 0.147. The molecule has 0 aliphatic heterocycles. The minimum Gasteiger partial charge on any atom is -0.449 e. The summed E-state index contributed by atoms with van der Waals surface area (Å²) < 4.78 is 57.9. The molecule has 0 saturated carbocycles. The Kier molecular flexibility index (Phi) is 6.39. The summed E-state index contributed by atoms with van der Waals surface area (Å²) in [6.07, 6.45) is -5.01. The summed E-state index contributed by atoms with van der Waals surface area (Å²) in [7, 11) is 0. The normalized spacial score (nSPS) is 11.5. The van der Waals surface area contributed by atoms with Crippen molar-refractivity contribution in [2.24, 2.45) is 0 Å². The largest absolute Gasteiger partial charge is 0.453 e. The van der Waals surface area contributed by atoms with E-state index in [2.05, 4.69) is 0 Å². The lowest BCUT2D eigenvalue weighted by Crippen LogP contribution is -2.16. The summed E-state index contributed by atoms with van der Waals surface area (Å²) in [5.74, 6) is -3.20. The maximum atomic E-state index is 13.8. The van der Waals surface area contributed by atoms with Crippen LogP contribution in [0.25, 0.3) is 11.0 Å². The summed E-state index contributed by atoms with van der Waals surface area (Å²) in [5, 5.41) is -0.151. The van der Waals surface area contributed by atoms with Gasteiger partial charge in [-0.15, -0.1) is 0 Å². The molecule has 0 atom stereocenters. The number of esters is 1. The fourth-order valence-corrected chi connectivity index (χ4v) is 3.82. The highest BCUT2D eigenvalue weighted by Crippen LogP contribution is 2.39. The molecule has 5 nitrogen and oxygen atoms in total. The van der Waals surface area contributed by atoms with E-state index in [1.54, 1.807) is 50.2 Å². The Hall–Kier alpha value is -3.34. The minimum absolute atomic E-state index is 0.0726. The standard InChI is InChI=1S/C25H16F3IO5/c1-13-7-8-14(2)19(11-13)33-22-21(30)17-10-9-15(12-20(17)34-23(22)25(26,27)28)32-24(31)16-5-3-4-6-18(16)29/h3-12H,1-2H3. The first kappa shape index (κ1) is 23.8. The van der Waals surface area contributed by atoms with Crippen LogP contribution in [-0.4, -0.2) is 5.97 Å². The average molecular weight is 580 g/mol. The molecule has 9 heteroatoms. The van der Waals surface area contributed by atoms with Crippen molar-refractivity contribution in [1.29, 1.82) is 0 Å². The van der Waals surface area contributed by atoms with Crippen LogP contribution in [0.1, 0.15) is 27.2 Å². The van der Waals surface area contributed by atoms with Crippen LogP contribution >= 0.6 is 22.6 Å². The molecule has 0 radical (unpaired) electrons. The summed E-state index contributed by atoms with van der Waals surface area (Å²) in [6.45, 7) is 3.40. The number of benzene rings is 3. The molecule has 0 N–H and O–H groups in total. The Bertz CT molecular complexity index is 1470. The smallest absolute Gasteiger partial charge is 0.449 e. The average Bonchev–Trinajstić information content (AvgIpc) is 2.77. The van der Waals surface area contributed by atoms with E-state index in [-0.39, 0.29) is 22.4 Å². The lowest BCUT2D eigenvalue weighted by Gasteiger charge is -2.15. The Morgan fingerprint density at radius 1 is 1.00 bits per heavy atom. The number of carbonyl (C=O) groups excluding carboxylic acids is 1. The number of rotatable bonds is 4. The van der Waals surface area contributed by atoms with Crippen LogP contribution in [0, 0.1) is 17.4 Å². The highest BCUT2D eigenvalue weighted by Gasteiger charge is 2.40. The van der Waals surface area contributed by atoms with Crippen molar-refractivity contribution in [2.45, 2.75) is 20.0 Å². The van der Waals surface area contributed by atoms with Crippen molar-refractivity contribution >= 4 is 39.5 Å². The Morgan fingerprint density at radius 2 is 1.74 bits per heavy atom. The van der Waals surface area contributed by atoms with Gasteiger partial charge < -0.3 is 13.9 Å². The molecular formula is C25H16F3IO5. The maximum Gasteiger partial charge on any atom is 0.453 e. The molecule has 174 valence electrons. The second kappa shape index (κ2) is 9.13. The van der Waals surface area contributed by atoms with E-state index in [1.807, 2.05) is 22.6 Å². The third-order valence-electron chi connectivity index (χ3n) is 4.94. The first-order valence-corrected chi connectivity index (χ1v) is 11.0. The van der Waals surface area contributed by atoms with E-state index in [9.17, 15) is 22.8 Å².